The number of nitrogens with one attached hydrogen (secondary N) is 1. The smallest absolute Gasteiger partial charge is 0.303 e. The number of carbonyl (C=O) groups excluding carboxylic acids is 1. The molecule has 0 radical (unpaired) electrons. The van der Waals surface area contributed by atoms with E-state index in [1.54, 1.807) is 18.2 Å². The molecule has 1 rings (SSSR count). The number of nitrogen functional groups attached to an aromatic ring is 1. The van der Waals surface area contributed by atoms with Gasteiger partial charge in [0.05, 0.1) is 0 Å². The van der Waals surface area contributed by atoms with Crippen molar-refractivity contribution in [3.8, 4) is 0 Å². The highest BCUT2D eigenvalue weighted by molar-refractivity contribution is 5.96. The fourth-order valence-corrected chi connectivity index (χ4v) is 1.77. The zero-order valence-electron chi connectivity index (χ0n) is 11.1. The Morgan fingerprint density at radius 1 is 1.26 bits per heavy atom. The molecule has 19 heavy (non-hydrogen) atoms. The van der Waals surface area contributed by atoms with Crippen LogP contribution in [0.25, 0.3) is 0 Å². The summed E-state index contributed by atoms with van der Waals surface area (Å²) in [7, 11) is 0. The van der Waals surface area contributed by atoms with E-state index in [0.717, 1.165) is 18.4 Å². The lowest BCUT2D eigenvalue weighted by atomic mass is 10.1. The number of rotatable bonds is 7. The lowest BCUT2D eigenvalue weighted by molar-refractivity contribution is -0.137. The van der Waals surface area contributed by atoms with E-state index in [0.29, 0.717) is 24.2 Å². The molecule has 0 unspecified atom stereocenters. The summed E-state index contributed by atoms with van der Waals surface area (Å²) in [4.78, 5) is 22.2. The summed E-state index contributed by atoms with van der Waals surface area (Å²) in [5, 5.41) is 11.3. The number of unbranched alkanes of at least 4 members (excludes halogenated alkanes) is 2. The Morgan fingerprint density at radius 2 is 2.00 bits per heavy atom. The fraction of sp³-hybridized carbons (Fsp3) is 0.429. The summed E-state index contributed by atoms with van der Waals surface area (Å²) in [6, 6.07) is 5.26. The largest absolute Gasteiger partial charge is 0.481 e. The molecule has 0 bridgehead atoms. The van der Waals surface area contributed by atoms with Gasteiger partial charge in [-0.15, -0.1) is 0 Å². The van der Waals surface area contributed by atoms with Crippen LogP contribution in [0.3, 0.4) is 0 Å². The normalized spacial score (nSPS) is 10.2. The molecule has 1 amide bonds. The molecule has 0 aliphatic carbocycles. The van der Waals surface area contributed by atoms with Gasteiger partial charge in [-0.3, -0.25) is 9.59 Å². The minimum atomic E-state index is -0.778. The van der Waals surface area contributed by atoms with Crippen LogP contribution in [0.2, 0.25) is 0 Å². The highest BCUT2D eigenvalue weighted by Gasteiger charge is 2.09. The second-order valence-corrected chi connectivity index (χ2v) is 4.48. The number of anilines is 1. The summed E-state index contributed by atoms with van der Waals surface area (Å²) in [6.45, 7) is 2.36. The summed E-state index contributed by atoms with van der Waals surface area (Å²) in [5.74, 6) is -0.914. The minimum Gasteiger partial charge on any atom is -0.481 e. The molecule has 0 aliphatic heterocycles. The molecular formula is C14H20N2O3. The maximum Gasteiger partial charge on any atom is 0.303 e. The zero-order chi connectivity index (χ0) is 14.3. The van der Waals surface area contributed by atoms with Crippen LogP contribution in [-0.4, -0.2) is 23.5 Å². The van der Waals surface area contributed by atoms with E-state index in [9.17, 15) is 9.59 Å². The molecule has 104 valence electrons. The second-order valence-electron chi connectivity index (χ2n) is 4.48. The van der Waals surface area contributed by atoms with Crippen molar-refractivity contribution in [3.05, 3.63) is 29.3 Å². The van der Waals surface area contributed by atoms with Crippen LogP contribution in [0, 0.1) is 6.92 Å². The van der Waals surface area contributed by atoms with Crippen molar-refractivity contribution in [1.29, 1.82) is 0 Å². The predicted molar refractivity (Wildman–Crippen MR) is 74.0 cm³/mol. The molecule has 0 aromatic heterocycles. The van der Waals surface area contributed by atoms with Gasteiger partial charge >= 0.3 is 5.97 Å². The van der Waals surface area contributed by atoms with E-state index in [1.165, 1.54) is 0 Å². The molecule has 0 spiro atoms. The van der Waals surface area contributed by atoms with Crippen LogP contribution < -0.4 is 11.1 Å². The monoisotopic (exact) mass is 264 g/mol. The highest BCUT2D eigenvalue weighted by atomic mass is 16.4. The zero-order valence-corrected chi connectivity index (χ0v) is 11.1. The van der Waals surface area contributed by atoms with Crippen molar-refractivity contribution < 1.29 is 14.7 Å². The molecule has 5 nitrogen and oxygen atoms in total. The third kappa shape index (κ3) is 4.99. The Morgan fingerprint density at radius 3 is 2.68 bits per heavy atom. The van der Waals surface area contributed by atoms with Crippen LogP contribution in [0.4, 0.5) is 5.69 Å². The van der Waals surface area contributed by atoms with E-state index in [2.05, 4.69) is 5.32 Å². The molecule has 1 aromatic rings. The first-order chi connectivity index (χ1) is 9.02. The van der Waals surface area contributed by atoms with Crippen LogP contribution >= 0.6 is 0 Å². The number of benzene rings is 1. The van der Waals surface area contributed by atoms with Gasteiger partial charge in [0.15, 0.2) is 0 Å². The first-order valence-corrected chi connectivity index (χ1v) is 6.37. The van der Waals surface area contributed by atoms with Crippen molar-refractivity contribution in [1.82, 2.24) is 5.32 Å². The molecular weight excluding hydrogens is 244 g/mol. The fourth-order valence-electron chi connectivity index (χ4n) is 1.77. The molecule has 0 fully saturated rings. The first-order valence-electron chi connectivity index (χ1n) is 6.37. The van der Waals surface area contributed by atoms with Gasteiger partial charge in [-0.2, -0.15) is 0 Å². The Kier molecular flexibility index (Phi) is 5.85. The van der Waals surface area contributed by atoms with Gasteiger partial charge in [0, 0.05) is 24.2 Å². The standard InChI is InChI=1S/C14H20N2O3/c1-10-11(6-5-7-12(10)15)14(19)16-9-4-2-3-8-13(17)18/h5-7H,2-4,8-9,15H2,1H3,(H,16,19)(H,17,18). The molecule has 4 N–H and O–H groups in total. The van der Waals surface area contributed by atoms with Crippen molar-refractivity contribution in [2.24, 2.45) is 0 Å². The van der Waals surface area contributed by atoms with Crippen molar-refractivity contribution in [2.45, 2.75) is 32.6 Å². The minimum absolute atomic E-state index is 0.136. The highest BCUT2D eigenvalue weighted by Crippen LogP contribution is 2.15. The number of aliphatic carboxylic acids is 1. The third-order valence-electron chi connectivity index (χ3n) is 2.97. The number of hydrogen-bond donors (Lipinski definition) is 3. The Bertz CT molecular complexity index is 458. The summed E-state index contributed by atoms with van der Waals surface area (Å²) in [6.07, 6.45) is 2.40. The molecule has 0 aliphatic rings. The Balaban J connectivity index is 2.32. The van der Waals surface area contributed by atoms with E-state index in [4.69, 9.17) is 10.8 Å². The van der Waals surface area contributed by atoms with Crippen molar-refractivity contribution >= 4 is 17.6 Å². The van der Waals surface area contributed by atoms with Crippen LogP contribution in [0.5, 0.6) is 0 Å². The number of carboxylic acid groups (broad SMARTS) is 1. The predicted octanol–water partition coefficient (Wildman–Crippen LogP) is 1.95. The lowest BCUT2D eigenvalue weighted by Gasteiger charge is -2.09. The molecule has 0 saturated carbocycles. The maximum absolute atomic E-state index is 11.9. The van der Waals surface area contributed by atoms with Gasteiger partial charge in [0.1, 0.15) is 0 Å². The Hall–Kier alpha value is -2.04. The molecule has 0 saturated heterocycles. The van der Waals surface area contributed by atoms with Gasteiger partial charge < -0.3 is 16.2 Å². The van der Waals surface area contributed by atoms with Gasteiger partial charge in [-0.05, 0) is 37.5 Å². The first kappa shape index (κ1) is 15.0. The summed E-state index contributed by atoms with van der Waals surface area (Å²) >= 11 is 0. The number of carboxylic acids is 1. The summed E-state index contributed by atoms with van der Waals surface area (Å²) in [5.41, 5.74) is 7.72. The Labute approximate surface area is 112 Å². The number of nitrogens with two attached hydrogens (primary N) is 1. The molecule has 1 aromatic carbocycles. The van der Waals surface area contributed by atoms with Crippen molar-refractivity contribution in [3.63, 3.8) is 0 Å². The third-order valence-corrected chi connectivity index (χ3v) is 2.97. The van der Waals surface area contributed by atoms with E-state index in [-0.39, 0.29) is 12.3 Å². The van der Waals surface area contributed by atoms with Gasteiger partial charge in [-0.1, -0.05) is 12.5 Å². The number of hydrogen-bond acceptors (Lipinski definition) is 3. The van der Waals surface area contributed by atoms with Crippen LogP contribution in [0.15, 0.2) is 18.2 Å². The van der Waals surface area contributed by atoms with Crippen molar-refractivity contribution in [2.75, 3.05) is 12.3 Å². The van der Waals surface area contributed by atoms with Crippen LogP contribution in [-0.2, 0) is 4.79 Å². The van der Waals surface area contributed by atoms with Gasteiger partial charge in [0.2, 0.25) is 0 Å². The van der Waals surface area contributed by atoms with Crippen LogP contribution in [0.1, 0.15) is 41.6 Å². The average molecular weight is 264 g/mol. The van der Waals surface area contributed by atoms with E-state index >= 15 is 0 Å². The van der Waals surface area contributed by atoms with Gasteiger partial charge in [-0.25, -0.2) is 0 Å². The molecule has 0 atom stereocenters. The topological polar surface area (TPSA) is 92.4 Å². The number of amides is 1. The summed E-state index contributed by atoms with van der Waals surface area (Å²) < 4.78 is 0. The lowest BCUT2D eigenvalue weighted by Crippen LogP contribution is -2.25. The van der Waals surface area contributed by atoms with Gasteiger partial charge in [0.25, 0.3) is 5.91 Å². The van der Waals surface area contributed by atoms with E-state index in [1.807, 2.05) is 6.92 Å². The number of carbonyl (C=O) groups is 2. The SMILES string of the molecule is Cc1c(N)cccc1C(=O)NCCCCCC(=O)O. The maximum atomic E-state index is 11.9. The quantitative estimate of drug-likeness (QED) is 0.518. The average Bonchev–Trinajstić information content (AvgIpc) is 2.36. The van der Waals surface area contributed by atoms with E-state index < -0.39 is 5.97 Å². The molecule has 0 heterocycles. The second kappa shape index (κ2) is 7.41. The molecule has 5 heteroatoms.